The van der Waals surface area contributed by atoms with E-state index in [-0.39, 0.29) is 24.5 Å². The molecule has 0 aliphatic carbocycles. The van der Waals surface area contributed by atoms with Crippen LogP contribution in [0.1, 0.15) is 37.0 Å². The lowest BCUT2D eigenvalue weighted by atomic mass is 9.88. The minimum Gasteiger partial charge on any atom is -0.481 e. The molecule has 2 N–H and O–H groups in total. The normalized spacial score (nSPS) is 22.8. The highest BCUT2D eigenvalue weighted by Crippen LogP contribution is 2.33. The van der Waals surface area contributed by atoms with Crippen molar-refractivity contribution < 1.29 is 19.4 Å². The Hall–Kier alpha value is -1.88. The van der Waals surface area contributed by atoms with E-state index >= 15 is 0 Å². The Morgan fingerprint density at radius 3 is 2.68 bits per heavy atom. The van der Waals surface area contributed by atoms with Gasteiger partial charge in [-0.05, 0) is 25.3 Å². The van der Waals surface area contributed by atoms with Crippen LogP contribution < -0.4 is 5.32 Å². The Balaban J connectivity index is 2.04. The number of carbonyl (C=O) groups excluding carboxylic acids is 1. The Morgan fingerprint density at radius 1 is 1.36 bits per heavy atom. The van der Waals surface area contributed by atoms with Crippen LogP contribution in [0.15, 0.2) is 24.3 Å². The van der Waals surface area contributed by atoms with Crippen molar-refractivity contribution in [1.29, 1.82) is 0 Å². The van der Waals surface area contributed by atoms with Crippen molar-refractivity contribution in [3.05, 3.63) is 35.4 Å². The molecule has 1 heterocycles. The molecule has 1 fully saturated rings. The predicted octanol–water partition coefficient (Wildman–Crippen LogP) is 2.30. The van der Waals surface area contributed by atoms with Crippen molar-refractivity contribution in [2.45, 2.75) is 32.8 Å². The molecular weight excluding hydrogens is 282 g/mol. The molecule has 1 amide bonds. The van der Waals surface area contributed by atoms with Crippen LogP contribution in [-0.2, 0) is 14.3 Å². The van der Waals surface area contributed by atoms with Gasteiger partial charge in [0.1, 0.15) is 0 Å². The van der Waals surface area contributed by atoms with E-state index < -0.39 is 11.9 Å². The Labute approximate surface area is 130 Å². The van der Waals surface area contributed by atoms with Crippen LogP contribution >= 0.6 is 0 Å². The number of hydrogen-bond acceptors (Lipinski definition) is 3. The number of benzene rings is 1. The molecule has 3 atom stereocenters. The number of hydrogen-bond donors (Lipinski definition) is 2. The minimum absolute atomic E-state index is 0.127. The van der Waals surface area contributed by atoms with Gasteiger partial charge in [-0.3, -0.25) is 9.59 Å². The van der Waals surface area contributed by atoms with Gasteiger partial charge in [0.15, 0.2) is 0 Å². The van der Waals surface area contributed by atoms with E-state index in [0.29, 0.717) is 6.61 Å². The maximum atomic E-state index is 12.4. The number of ether oxygens (including phenoxy) is 1. The summed E-state index contributed by atoms with van der Waals surface area (Å²) in [4.78, 5) is 23.2. The van der Waals surface area contributed by atoms with Crippen LogP contribution in [-0.4, -0.2) is 30.1 Å². The SMILES string of the molecule is Cc1ccc(C2OCCCC2C(=O)NCC(C)C(=O)O)cc1. The number of aliphatic carboxylic acids is 1. The third-order valence-corrected chi connectivity index (χ3v) is 4.07. The third-order valence-electron chi connectivity index (χ3n) is 4.07. The zero-order valence-electron chi connectivity index (χ0n) is 13.0. The molecule has 0 bridgehead atoms. The number of aryl methyl sites for hydroxylation is 1. The molecule has 0 radical (unpaired) electrons. The van der Waals surface area contributed by atoms with Gasteiger partial charge in [-0.2, -0.15) is 0 Å². The van der Waals surface area contributed by atoms with Gasteiger partial charge in [0, 0.05) is 13.2 Å². The van der Waals surface area contributed by atoms with Crippen LogP contribution in [0.3, 0.4) is 0 Å². The highest BCUT2D eigenvalue weighted by Gasteiger charge is 2.33. The van der Waals surface area contributed by atoms with E-state index in [9.17, 15) is 9.59 Å². The van der Waals surface area contributed by atoms with Crippen molar-refractivity contribution in [3.8, 4) is 0 Å². The molecule has 1 aliphatic rings. The molecular formula is C17H23NO4. The zero-order valence-corrected chi connectivity index (χ0v) is 13.0. The van der Waals surface area contributed by atoms with Gasteiger partial charge in [0.05, 0.1) is 17.9 Å². The van der Waals surface area contributed by atoms with Gasteiger partial charge in [-0.25, -0.2) is 0 Å². The molecule has 0 saturated carbocycles. The quantitative estimate of drug-likeness (QED) is 0.875. The van der Waals surface area contributed by atoms with Gasteiger partial charge >= 0.3 is 5.97 Å². The molecule has 1 aromatic carbocycles. The fraction of sp³-hybridized carbons (Fsp3) is 0.529. The average Bonchev–Trinajstić information content (AvgIpc) is 2.53. The summed E-state index contributed by atoms with van der Waals surface area (Å²) < 4.78 is 5.81. The second-order valence-electron chi connectivity index (χ2n) is 5.94. The summed E-state index contributed by atoms with van der Waals surface area (Å²) in [6.45, 7) is 4.39. The largest absolute Gasteiger partial charge is 0.481 e. The first-order valence-electron chi connectivity index (χ1n) is 7.67. The number of carboxylic acids is 1. The van der Waals surface area contributed by atoms with Crippen LogP contribution in [0.5, 0.6) is 0 Å². The van der Waals surface area contributed by atoms with Crippen molar-refractivity contribution in [3.63, 3.8) is 0 Å². The Morgan fingerprint density at radius 2 is 2.05 bits per heavy atom. The molecule has 0 spiro atoms. The minimum atomic E-state index is -0.907. The number of carbonyl (C=O) groups is 2. The second-order valence-corrected chi connectivity index (χ2v) is 5.94. The molecule has 2 rings (SSSR count). The summed E-state index contributed by atoms with van der Waals surface area (Å²) in [5.41, 5.74) is 2.16. The van der Waals surface area contributed by atoms with Crippen LogP contribution in [0, 0.1) is 18.8 Å². The first kappa shape index (κ1) is 16.5. The first-order valence-corrected chi connectivity index (χ1v) is 7.67. The van der Waals surface area contributed by atoms with Gasteiger partial charge in [0.25, 0.3) is 0 Å². The second kappa shape index (κ2) is 7.40. The van der Waals surface area contributed by atoms with E-state index in [0.717, 1.165) is 24.0 Å². The van der Waals surface area contributed by atoms with Crippen LogP contribution in [0.2, 0.25) is 0 Å². The number of nitrogens with one attached hydrogen (secondary N) is 1. The third kappa shape index (κ3) is 4.07. The van der Waals surface area contributed by atoms with Crippen LogP contribution in [0.25, 0.3) is 0 Å². The van der Waals surface area contributed by atoms with Gasteiger partial charge in [-0.1, -0.05) is 36.8 Å². The smallest absolute Gasteiger partial charge is 0.308 e. The first-order chi connectivity index (χ1) is 10.5. The predicted molar refractivity (Wildman–Crippen MR) is 82.4 cm³/mol. The molecule has 0 aromatic heterocycles. The lowest BCUT2D eigenvalue weighted by Gasteiger charge is -2.31. The van der Waals surface area contributed by atoms with Gasteiger partial charge in [-0.15, -0.1) is 0 Å². The molecule has 3 unspecified atom stereocenters. The topological polar surface area (TPSA) is 75.6 Å². The number of rotatable bonds is 5. The highest BCUT2D eigenvalue weighted by molar-refractivity contribution is 5.80. The van der Waals surface area contributed by atoms with Crippen molar-refractivity contribution in [2.75, 3.05) is 13.2 Å². The van der Waals surface area contributed by atoms with E-state index in [1.807, 2.05) is 31.2 Å². The fourth-order valence-corrected chi connectivity index (χ4v) is 2.61. The summed E-state index contributed by atoms with van der Waals surface area (Å²) in [7, 11) is 0. The average molecular weight is 305 g/mol. The van der Waals surface area contributed by atoms with Crippen molar-refractivity contribution in [2.24, 2.45) is 11.8 Å². The maximum Gasteiger partial charge on any atom is 0.308 e. The molecule has 120 valence electrons. The highest BCUT2D eigenvalue weighted by atomic mass is 16.5. The monoisotopic (exact) mass is 305 g/mol. The molecule has 1 aliphatic heterocycles. The van der Waals surface area contributed by atoms with E-state index in [4.69, 9.17) is 9.84 Å². The number of carboxylic acid groups (broad SMARTS) is 1. The van der Waals surface area contributed by atoms with E-state index in [1.165, 1.54) is 0 Å². The molecule has 5 nitrogen and oxygen atoms in total. The lowest BCUT2D eigenvalue weighted by Crippen LogP contribution is -2.40. The molecule has 22 heavy (non-hydrogen) atoms. The van der Waals surface area contributed by atoms with Crippen molar-refractivity contribution in [1.82, 2.24) is 5.32 Å². The summed E-state index contributed by atoms with van der Waals surface area (Å²) in [5, 5.41) is 11.6. The lowest BCUT2D eigenvalue weighted by molar-refractivity contribution is -0.141. The van der Waals surface area contributed by atoms with E-state index in [1.54, 1.807) is 6.92 Å². The van der Waals surface area contributed by atoms with Crippen molar-refractivity contribution >= 4 is 11.9 Å². The van der Waals surface area contributed by atoms with E-state index in [2.05, 4.69) is 5.32 Å². The Kier molecular flexibility index (Phi) is 5.55. The molecule has 1 saturated heterocycles. The summed E-state index contributed by atoms with van der Waals surface area (Å²) >= 11 is 0. The maximum absolute atomic E-state index is 12.4. The zero-order chi connectivity index (χ0) is 16.1. The molecule has 5 heteroatoms. The molecule has 1 aromatic rings. The summed E-state index contributed by atoms with van der Waals surface area (Å²) in [5.74, 6) is -1.89. The summed E-state index contributed by atoms with van der Waals surface area (Å²) in [6.07, 6.45) is 1.34. The van der Waals surface area contributed by atoms with Gasteiger partial charge in [0.2, 0.25) is 5.91 Å². The van der Waals surface area contributed by atoms with Gasteiger partial charge < -0.3 is 15.2 Å². The standard InChI is InChI=1S/C17H23NO4/c1-11-5-7-13(8-6-11)15-14(4-3-9-22-15)16(19)18-10-12(2)17(20)21/h5-8,12,14-15H,3-4,9-10H2,1-2H3,(H,18,19)(H,20,21). The Bertz CT molecular complexity index is 526. The summed E-state index contributed by atoms with van der Waals surface area (Å²) in [6, 6.07) is 8.00. The van der Waals surface area contributed by atoms with Crippen LogP contribution in [0.4, 0.5) is 0 Å². The fourth-order valence-electron chi connectivity index (χ4n) is 2.61. The number of amides is 1.